The molecule has 0 atom stereocenters. The lowest BCUT2D eigenvalue weighted by Gasteiger charge is -2.27. The van der Waals surface area contributed by atoms with Crippen molar-refractivity contribution in [1.82, 2.24) is 0 Å². The summed E-state index contributed by atoms with van der Waals surface area (Å²) in [7, 11) is 0. The van der Waals surface area contributed by atoms with Gasteiger partial charge in [0.25, 0.3) is 5.92 Å². The van der Waals surface area contributed by atoms with Gasteiger partial charge in [-0.1, -0.05) is 18.7 Å². The Morgan fingerprint density at radius 1 is 1.11 bits per heavy atom. The molecule has 1 nitrogen and oxygen atoms in total. The Labute approximate surface area is 105 Å². The molecule has 0 bridgehead atoms. The fourth-order valence-electron chi connectivity index (χ4n) is 0.985. The van der Waals surface area contributed by atoms with Gasteiger partial charge in [-0.3, -0.25) is 4.79 Å². The minimum absolute atomic E-state index is 0.0988. The molecule has 18 heavy (non-hydrogen) atoms. The second-order valence-electron chi connectivity index (χ2n) is 3.95. The SMILES string of the molecule is CCC(=O)SCCC(F)(F)CC(F)(F)C(C)(F)F. The smallest absolute Gasteiger partial charge is 0.287 e. The Morgan fingerprint density at radius 3 is 2.00 bits per heavy atom. The molecule has 0 aliphatic heterocycles. The van der Waals surface area contributed by atoms with Crippen LogP contribution >= 0.6 is 11.8 Å². The average molecular weight is 296 g/mol. The van der Waals surface area contributed by atoms with Gasteiger partial charge in [0.2, 0.25) is 0 Å². The Hall–Kier alpha value is -0.400. The standard InChI is InChI=1S/C10H14F6OS/c1-3-7(17)18-5-4-9(13,14)6-10(15,16)8(2,11)12/h3-6H2,1-2H3. The molecule has 108 valence electrons. The van der Waals surface area contributed by atoms with Crippen LogP contribution in [-0.2, 0) is 4.79 Å². The molecule has 0 aromatic carbocycles. The summed E-state index contributed by atoms with van der Waals surface area (Å²) in [5.74, 6) is -13.6. The maximum atomic E-state index is 13.1. The van der Waals surface area contributed by atoms with E-state index in [4.69, 9.17) is 0 Å². The number of halogens is 6. The van der Waals surface area contributed by atoms with Crippen molar-refractivity contribution in [3.05, 3.63) is 0 Å². The Bertz CT molecular complexity index is 287. The van der Waals surface area contributed by atoms with Crippen molar-refractivity contribution in [2.24, 2.45) is 0 Å². The van der Waals surface area contributed by atoms with Gasteiger partial charge in [0.1, 0.15) is 0 Å². The molecule has 0 aliphatic carbocycles. The van der Waals surface area contributed by atoms with E-state index in [2.05, 4.69) is 0 Å². The van der Waals surface area contributed by atoms with Crippen molar-refractivity contribution < 1.29 is 31.1 Å². The van der Waals surface area contributed by atoms with Crippen molar-refractivity contribution >= 4 is 16.9 Å². The molecule has 0 aromatic rings. The van der Waals surface area contributed by atoms with Crippen LogP contribution in [0.25, 0.3) is 0 Å². The first-order valence-corrected chi connectivity index (χ1v) is 6.19. The summed E-state index contributed by atoms with van der Waals surface area (Å²) in [5.41, 5.74) is 0. The highest BCUT2D eigenvalue weighted by molar-refractivity contribution is 8.13. The monoisotopic (exact) mass is 296 g/mol. The van der Waals surface area contributed by atoms with E-state index in [0.717, 1.165) is 0 Å². The van der Waals surface area contributed by atoms with Gasteiger partial charge in [-0.05, 0) is 0 Å². The molecule has 0 saturated carbocycles. The topological polar surface area (TPSA) is 17.1 Å². The van der Waals surface area contributed by atoms with Crippen molar-refractivity contribution in [3.63, 3.8) is 0 Å². The summed E-state index contributed by atoms with van der Waals surface area (Å²) in [5, 5.41) is -0.349. The number of carbonyl (C=O) groups is 1. The zero-order valence-electron chi connectivity index (χ0n) is 9.91. The summed E-state index contributed by atoms with van der Waals surface area (Å²) in [6.07, 6.45) is -3.11. The first kappa shape index (κ1) is 17.6. The molecule has 0 radical (unpaired) electrons. The summed E-state index contributed by atoms with van der Waals surface area (Å²) >= 11 is 0.585. The lowest BCUT2D eigenvalue weighted by Crippen LogP contribution is -2.42. The minimum Gasteiger partial charge on any atom is -0.287 e. The van der Waals surface area contributed by atoms with Crippen LogP contribution in [-0.4, -0.2) is 28.6 Å². The van der Waals surface area contributed by atoms with Crippen molar-refractivity contribution in [3.8, 4) is 0 Å². The van der Waals surface area contributed by atoms with Crippen molar-refractivity contribution in [2.45, 2.75) is 50.9 Å². The third kappa shape index (κ3) is 5.97. The van der Waals surface area contributed by atoms with Crippen LogP contribution in [0.1, 0.15) is 33.1 Å². The molecule has 0 N–H and O–H groups in total. The summed E-state index contributed by atoms with van der Waals surface area (Å²) in [6.45, 7) is 1.43. The van der Waals surface area contributed by atoms with Gasteiger partial charge >= 0.3 is 11.8 Å². The minimum atomic E-state index is -4.77. The summed E-state index contributed by atoms with van der Waals surface area (Å²) in [4.78, 5) is 10.8. The lowest BCUT2D eigenvalue weighted by molar-refractivity contribution is -0.230. The van der Waals surface area contributed by atoms with E-state index in [1.807, 2.05) is 0 Å². The van der Waals surface area contributed by atoms with E-state index < -0.39 is 30.6 Å². The van der Waals surface area contributed by atoms with Gasteiger partial charge in [-0.15, -0.1) is 0 Å². The molecule has 0 fully saturated rings. The number of hydrogen-bond donors (Lipinski definition) is 0. The molecule has 0 heterocycles. The second kappa shape index (κ2) is 6.16. The van der Waals surface area contributed by atoms with Crippen LogP contribution in [0, 0.1) is 0 Å². The van der Waals surface area contributed by atoms with Gasteiger partial charge in [0, 0.05) is 25.5 Å². The van der Waals surface area contributed by atoms with Crippen LogP contribution in [0.4, 0.5) is 26.3 Å². The molecule has 0 amide bonds. The van der Waals surface area contributed by atoms with Gasteiger partial charge in [0.15, 0.2) is 5.12 Å². The molecule has 0 saturated heterocycles. The summed E-state index contributed by atoms with van der Waals surface area (Å²) < 4.78 is 76.5. The van der Waals surface area contributed by atoms with E-state index in [0.29, 0.717) is 11.8 Å². The maximum Gasteiger partial charge on any atom is 0.315 e. The number of alkyl halides is 6. The fraction of sp³-hybridized carbons (Fsp3) is 0.900. The number of thioether (sulfide) groups is 1. The molecule has 0 rings (SSSR count). The van der Waals surface area contributed by atoms with E-state index >= 15 is 0 Å². The predicted molar refractivity (Wildman–Crippen MR) is 57.5 cm³/mol. The molecule has 0 aromatic heterocycles. The average Bonchev–Trinajstić information content (AvgIpc) is 2.13. The zero-order valence-corrected chi connectivity index (χ0v) is 10.7. The van der Waals surface area contributed by atoms with Crippen molar-refractivity contribution in [1.29, 1.82) is 0 Å². The molecule has 0 unspecified atom stereocenters. The lowest BCUT2D eigenvalue weighted by atomic mass is 10.0. The number of hydrogen-bond acceptors (Lipinski definition) is 2. The normalized spacial score (nSPS) is 13.8. The first-order chi connectivity index (χ1) is 7.91. The first-order valence-electron chi connectivity index (χ1n) is 5.20. The highest BCUT2D eigenvalue weighted by Crippen LogP contribution is 2.42. The van der Waals surface area contributed by atoms with Gasteiger partial charge in [-0.25, -0.2) is 17.6 Å². The quantitative estimate of drug-likeness (QED) is 0.649. The third-order valence-electron chi connectivity index (χ3n) is 2.14. The summed E-state index contributed by atoms with van der Waals surface area (Å²) in [6, 6.07) is 0. The van der Waals surface area contributed by atoms with Gasteiger partial charge < -0.3 is 0 Å². The molecule has 0 spiro atoms. The van der Waals surface area contributed by atoms with Crippen LogP contribution in [0.2, 0.25) is 0 Å². The van der Waals surface area contributed by atoms with Crippen LogP contribution in [0.5, 0.6) is 0 Å². The number of carbonyl (C=O) groups excluding carboxylic acids is 1. The third-order valence-corrected chi connectivity index (χ3v) is 3.16. The highest BCUT2D eigenvalue weighted by Gasteiger charge is 2.57. The molecule has 8 heteroatoms. The molecular formula is C10H14F6OS. The van der Waals surface area contributed by atoms with Crippen LogP contribution in [0.15, 0.2) is 0 Å². The van der Waals surface area contributed by atoms with E-state index in [1.54, 1.807) is 0 Å². The maximum absolute atomic E-state index is 13.1. The van der Waals surface area contributed by atoms with Crippen LogP contribution in [0.3, 0.4) is 0 Å². The highest BCUT2D eigenvalue weighted by atomic mass is 32.2. The fourth-order valence-corrected chi connectivity index (χ4v) is 1.82. The Morgan fingerprint density at radius 2 is 1.61 bits per heavy atom. The predicted octanol–water partition coefficient (Wildman–Crippen LogP) is 4.36. The second-order valence-corrected chi connectivity index (χ2v) is 5.10. The zero-order chi connectivity index (χ0) is 14.6. The van der Waals surface area contributed by atoms with E-state index in [-0.39, 0.29) is 24.2 Å². The van der Waals surface area contributed by atoms with Crippen LogP contribution < -0.4 is 0 Å². The molecular weight excluding hydrogens is 282 g/mol. The van der Waals surface area contributed by atoms with E-state index in [1.165, 1.54) is 6.92 Å². The van der Waals surface area contributed by atoms with Gasteiger partial charge in [-0.2, -0.15) is 8.78 Å². The largest absolute Gasteiger partial charge is 0.315 e. The Balaban J connectivity index is 4.35. The Kier molecular flexibility index (Phi) is 6.03. The number of rotatable bonds is 7. The van der Waals surface area contributed by atoms with Gasteiger partial charge in [0.05, 0.1) is 6.42 Å². The van der Waals surface area contributed by atoms with E-state index in [9.17, 15) is 31.1 Å². The molecule has 0 aliphatic rings. The van der Waals surface area contributed by atoms with Crippen molar-refractivity contribution in [2.75, 3.05) is 5.75 Å².